The second-order valence-electron chi connectivity index (χ2n) is 7.99. The molecule has 0 N–H and O–H groups in total. The fraction of sp³-hybridized carbons (Fsp3) is 0.545. The standard InChI is InChI=1S/C22H28ClN3O2/c23-19-8-4-6-17(12-19)13-20-14-24-22(28-20)18-7-5-11-26(15-18)21(27)16-25-9-2-1-3-10-25/h4,6,8,12,14,18H,1-3,5,7,9-11,13,15-16H2. The van der Waals surface area contributed by atoms with Crippen LogP contribution in [0.5, 0.6) is 0 Å². The predicted molar refractivity (Wildman–Crippen MR) is 110 cm³/mol. The first kappa shape index (κ1) is 19.5. The number of hydrogen-bond donors (Lipinski definition) is 0. The van der Waals surface area contributed by atoms with Crippen LogP contribution < -0.4 is 0 Å². The zero-order valence-corrected chi connectivity index (χ0v) is 17.0. The Kier molecular flexibility index (Phi) is 6.33. The topological polar surface area (TPSA) is 49.6 Å². The minimum absolute atomic E-state index is 0.187. The van der Waals surface area contributed by atoms with Gasteiger partial charge in [-0.1, -0.05) is 30.2 Å². The van der Waals surface area contributed by atoms with Crippen LogP contribution in [0.3, 0.4) is 0 Å². The molecule has 150 valence electrons. The molecule has 0 spiro atoms. The van der Waals surface area contributed by atoms with Crippen LogP contribution in [0.2, 0.25) is 5.02 Å². The van der Waals surface area contributed by atoms with Crippen molar-refractivity contribution in [1.29, 1.82) is 0 Å². The van der Waals surface area contributed by atoms with Crippen LogP contribution in [0.4, 0.5) is 0 Å². The van der Waals surface area contributed by atoms with Crippen LogP contribution in [-0.2, 0) is 11.2 Å². The van der Waals surface area contributed by atoms with E-state index in [9.17, 15) is 4.79 Å². The Hall–Kier alpha value is -1.85. The SMILES string of the molecule is O=C(CN1CCCCC1)N1CCCC(c2ncc(Cc3cccc(Cl)c3)o2)C1. The Morgan fingerprint density at radius 1 is 1.18 bits per heavy atom. The van der Waals surface area contributed by atoms with Gasteiger partial charge < -0.3 is 9.32 Å². The number of nitrogens with zero attached hydrogens (tertiary/aromatic N) is 3. The van der Waals surface area contributed by atoms with E-state index in [4.69, 9.17) is 16.0 Å². The molecule has 1 aromatic carbocycles. The Bertz CT molecular complexity index is 801. The largest absolute Gasteiger partial charge is 0.445 e. The molecule has 0 bridgehead atoms. The number of oxazole rings is 1. The zero-order chi connectivity index (χ0) is 19.3. The number of piperidine rings is 2. The summed E-state index contributed by atoms with van der Waals surface area (Å²) < 4.78 is 6.04. The van der Waals surface area contributed by atoms with Crippen LogP contribution in [0, 0.1) is 0 Å². The fourth-order valence-electron chi connectivity index (χ4n) is 4.26. The van der Waals surface area contributed by atoms with Crippen LogP contribution in [0.15, 0.2) is 34.9 Å². The van der Waals surface area contributed by atoms with Gasteiger partial charge in [-0.2, -0.15) is 0 Å². The fourth-order valence-corrected chi connectivity index (χ4v) is 4.47. The maximum Gasteiger partial charge on any atom is 0.236 e. The number of hydrogen-bond acceptors (Lipinski definition) is 4. The molecule has 6 heteroatoms. The molecule has 1 amide bonds. The third-order valence-corrected chi connectivity index (χ3v) is 6.00. The lowest BCUT2D eigenvalue weighted by Gasteiger charge is -2.34. The highest BCUT2D eigenvalue weighted by atomic mass is 35.5. The Morgan fingerprint density at radius 3 is 2.86 bits per heavy atom. The number of carbonyl (C=O) groups excluding carboxylic acids is 1. The lowest BCUT2D eigenvalue weighted by atomic mass is 9.98. The highest BCUT2D eigenvalue weighted by molar-refractivity contribution is 6.30. The molecule has 0 radical (unpaired) electrons. The van der Waals surface area contributed by atoms with Crippen molar-refractivity contribution in [2.45, 2.75) is 44.4 Å². The maximum atomic E-state index is 12.7. The van der Waals surface area contributed by atoms with Crippen LogP contribution in [0.25, 0.3) is 0 Å². The van der Waals surface area contributed by atoms with Crippen molar-refractivity contribution in [2.75, 3.05) is 32.7 Å². The number of rotatable bonds is 5. The van der Waals surface area contributed by atoms with E-state index in [-0.39, 0.29) is 11.8 Å². The van der Waals surface area contributed by atoms with E-state index in [0.717, 1.165) is 54.7 Å². The molecule has 0 aliphatic carbocycles. The first-order valence-electron chi connectivity index (χ1n) is 10.4. The highest BCUT2D eigenvalue weighted by Gasteiger charge is 2.28. The maximum absolute atomic E-state index is 12.7. The molecule has 2 aromatic rings. The Morgan fingerprint density at radius 2 is 2.04 bits per heavy atom. The lowest BCUT2D eigenvalue weighted by molar-refractivity contribution is -0.134. The second kappa shape index (κ2) is 9.10. The number of likely N-dealkylation sites (tertiary alicyclic amines) is 2. The van der Waals surface area contributed by atoms with E-state index in [1.165, 1.54) is 19.3 Å². The van der Waals surface area contributed by atoms with E-state index in [1.807, 2.05) is 35.4 Å². The molecule has 1 unspecified atom stereocenters. The monoisotopic (exact) mass is 401 g/mol. The van der Waals surface area contributed by atoms with Crippen molar-refractivity contribution in [2.24, 2.45) is 0 Å². The molecule has 4 rings (SSSR count). The molecule has 0 saturated carbocycles. The van der Waals surface area contributed by atoms with Crippen molar-refractivity contribution < 1.29 is 9.21 Å². The van der Waals surface area contributed by atoms with Gasteiger partial charge in [-0.15, -0.1) is 0 Å². The molecule has 28 heavy (non-hydrogen) atoms. The molecule has 1 aromatic heterocycles. The summed E-state index contributed by atoms with van der Waals surface area (Å²) in [5.41, 5.74) is 1.11. The summed E-state index contributed by atoms with van der Waals surface area (Å²) in [6, 6.07) is 7.80. The third-order valence-electron chi connectivity index (χ3n) is 5.77. The summed E-state index contributed by atoms with van der Waals surface area (Å²) in [7, 11) is 0. The van der Waals surface area contributed by atoms with Crippen LogP contribution in [-0.4, -0.2) is 53.4 Å². The molecule has 2 fully saturated rings. The number of amides is 1. The van der Waals surface area contributed by atoms with E-state index in [0.29, 0.717) is 19.5 Å². The molecule has 2 aliphatic rings. The summed E-state index contributed by atoms with van der Waals surface area (Å²) in [5, 5.41) is 0.729. The summed E-state index contributed by atoms with van der Waals surface area (Å²) in [6.45, 7) is 4.21. The van der Waals surface area contributed by atoms with Crippen molar-refractivity contribution in [3.63, 3.8) is 0 Å². The van der Waals surface area contributed by atoms with Crippen molar-refractivity contribution >= 4 is 17.5 Å². The molecular formula is C22H28ClN3O2. The average Bonchev–Trinajstić information content (AvgIpc) is 3.17. The van der Waals surface area contributed by atoms with E-state index in [1.54, 1.807) is 0 Å². The van der Waals surface area contributed by atoms with E-state index >= 15 is 0 Å². The van der Waals surface area contributed by atoms with Crippen LogP contribution in [0.1, 0.15) is 55.2 Å². The first-order valence-corrected chi connectivity index (χ1v) is 10.7. The smallest absolute Gasteiger partial charge is 0.236 e. The summed E-state index contributed by atoms with van der Waals surface area (Å²) in [5.74, 6) is 2.03. The van der Waals surface area contributed by atoms with Crippen molar-refractivity contribution in [3.8, 4) is 0 Å². The second-order valence-corrected chi connectivity index (χ2v) is 8.42. The molecule has 3 heterocycles. The quantitative estimate of drug-likeness (QED) is 0.756. The molecule has 1 atom stereocenters. The van der Waals surface area contributed by atoms with Gasteiger partial charge in [0.05, 0.1) is 18.7 Å². The average molecular weight is 402 g/mol. The van der Waals surface area contributed by atoms with E-state index in [2.05, 4.69) is 9.88 Å². The van der Waals surface area contributed by atoms with Crippen LogP contribution >= 0.6 is 11.6 Å². The third kappa shape index (κ3) is 4.95. The summed E-state index contributed by atoms with van der Waals surface area (Å²) in [4.78, 5) is 21.6. The summed E-state index contributed by atoms with van der Waals surface area (Å²) >= 11 is 6.07. The number of aromatic nitrogens is 1. The van der Waals surface area contributed by atoms with Gasteiger partial charge in [-0.25, -0.2) is 4.98 Å². The van der Waals surface area contributed by atoms with E-state index < -0.39 is 0 Å². The first-order chi connectivity index (χ1) is 13.7. The minimum Gasteiger partial charge on any atom is -0.445 e. The Balaban J connectivity index is 1.35. The number of carbonyl (C=O) groups is 1. The Labute approximate surface area is 171 Å². The van der Waals surface area contributed by atoms with Gasteiger partial charge in [-0.05, 0) is 56.5 Å². The van der Waals surface area contributed by atoms with Crippen molar-refractivity contribution in [3.05, 3.63) is 52.7 Å². The molecule has 2 aliphatic heterocycles. The summed E-state index contributed by atoms with van der Waals surface area (Å²) in [6.07, 6.45) is 8.22. The van der Waals surface area contributed by atoms with Gasteiger partial charge in [0.1, 0.15) is 5.76 Å². The molecule has 5 nitrogen and oxygen atoms in total. The molecule has 2 saturated heterocycles. The van der Waals surface area contributed by atoms with Gasteiger partial charge >= 0.3 is 0 Å². The lowest BCUT2D eigenvalue weighted by Crippen LogP contribution is -2.45. The van der Waals surface area contributed by atoms with Gasteiger partial charge in [0.25, 0.3) is 0 Å². The number of benzene rings is 1. The minimum atomic E-state index is 0.187. The predicted octanol–water partition coefficient (Wildman–Crippen LogP) is 4.11. The van der Waals surface area contributed by atoms with Gasteiger partial charge in [-0.3, -0.25) is 9.69 Å². The molecular weight excluding hydrogens is 374 g/mol. The van der Waals surface area contributed by atoms with Crippen molar-refractivity contribution in [1.82, 2.24) is 14.8 Å². The van der Waals surface area contributed by atoms with Gasteiger partial charge in [0, 0.05) is 24.5 Å². The van der Waals surface area contributed by atoms with Gasteiger partial charge in [0.2, 0.25) is 5.91 Å². The number of halogens is 1. The highest BCUT2D eigenvalue weighted by Crippen LogP contribution is 2.27. The zero-order valence-electron chi connectivity index (χ0n) is 16.3. The van der Waals surface area contributed by atoms with Gasteiger partial charge in [0.15, 0.2) is 5.89 Å². The normalized spacial score (nSPS) is 21.0.